The number of para-hydroxylation sites is 1. The van der Waals surface area contributed by atoms with E-state index in [4.69, 9.17) is 9.15 Å². The molecule has 0 aliphatic rings. The van der Waals surface area contributed by atoms with Crippen molar-refractivity contribution in [1.82, 2.24) is 19.1 Å². The lowest BCUT2D eigenvalue weighted by molar-refractivity contribution is 0.303. The number of ether oxygens (including phenoxy) is 1. The number of fused-ring (bicyclic) bond motifs is 1. The summed E-state index contributed by atoms with van der Waals surface area (Å²) < 4.78 is 14.2. The Kier molecular flexibility index (Phi) is 5.19. The van der Waals surface area contributed by atoms with Crippen molar-refractivity contribution in [2.24, 2.45) is 7.05 Å². The van der Waals surface area contributed by atoms with E-state index in [1.165, 1.54) is 4.57 Å². The standard InChI is InChI=1S/C20H21N5O4/c1-24-17-16(18(26)23-20(24)27)25(10-6-12-28-14-7-3-2-4-8-14)19(22-17)21-13-15-9-5-11-29-15/h2-5,7-9,11H,6,10,12-13H2,1H3,(H,21,22)(H,23,26,27). The lowest BCUT2D eigenvalue weighted by Gasteiger charge is -2.10. The number of furan rings is 1. The van der Waals surface area contributed by atoms with Gasteiger partial charge in [-0.15, -0.1) is 0 Å². The van der Waals surface area contributed by atoms with Gasteiger partial charge < -0.3 is 19.0 Å². The summed E-state index contributed by atoms with van der Waals surface area (Å²) in [5, 5.41) is 3.19. The molecule has 9 heteroatoms. The van der Waals surface area contributed by atoms with E-state index in [0.717, 1.165) is 11.5 Å². The first-order chi connectivity index (χ1) is 14.1. The smallest absolute Gasteiger partial charge is 0.329 e. The van der Waals surface area contributed by atoms with Gasteiger partial charge in [0.1, 0.15) is 11.5 Å². The van der Waals surface area contributed by atoms with E-state index in [-0.39, 0.29) is 0 Å². The summed E-state index contributed by atoms with van der Waals surface area (Å²) in [6.45, 7) is 1.37. The summed E-state index contributed by atoms with van der Waals surface area (Å²) >= 11 is 0. The first-order valence-corrected chi connectivity index (χ1v) is 9.27. The Labute approximate surface area is 165 Å². The average molecular weight is 395 g/mol. The van der Waals surface area contributed by atoms with E-state index in [1.54, 1.807) is 23.9 Å². The van der Waals surface area contributed by atoms with Gasteiger partial charge in [-0.1, -0.05) is 18.2 Å². The molecule has 4 rings (SSSR count). The summed E-state index contributed by atoms with van der Waals surface area (Å²) in [5.74, 6) is 2.01. The number of aromatic nitrogens is 4. The monoisotopic (exact) mass is 395 g/mol. The van der Waals surface area contributed by atoms with Gasteiger partial charge in [-0.3, -0.25) is 14.3 Å². The van der Waals surface area contributed by atoms with Gasteiger partial charge in [0.15, 0.2) is 11.2 Å². The highest BCUT2D eigenvalue weighted by Crippen LogP contribution is 2.17. The molecule has 0 bridgehead atoms. The van der Waals surface area contributed by atoms with Crippen LogP contribution in [0, 0.1) is 0 Å². The molecular weight excluding hydrogens is 374 g/mol. The number of hydrogen-bond donors (Lipinski definition) is 2. The zero-order valence-electron chi connectivity index (χ0n) is 15.9. The number of aromatic amines is 1. The number of benzene rings is 1. The third-order valence-electron chi connectivity index (χ3n) is 4.55. The normalized spacial score (nSPS) is 11.1. The quantitative estimate of drug-likeness (QED) is 0.443. The second kappa shape index (κ2) is 8.09. The third-order valence-corrected chi connectivity index (χ3v) is 4.55. The van der Waals surface area contributed by atoms with Gasteiger partial charge in [-0.05, 0) is 30.7 Å². The van der Waals surface area contributed by atoms with Crippen LogP contribution >= 0.6 is 0 Å². The number of anilines is 1. The van der Waals surface area contributed by atoms with Crippen molar-refractivity contribution in [1.29, 1.82) is 0 Å². The first-order valence-electron chi connectivity index (χ1n) is 9.27. The molecule has 4 aromatic rings. The van der Waals surface area contributed by atoms with Crippen molar-refractivity contribution in [2.45, 2.75) is 19.5 Å². The molecule has 0 atom stereocenters. The average Bonchev–Trinajstić information content (AvgIpc) is 3.37. The fraction of sp³-hybridized carbons (Fsp3) is 0.250. The SMILES string of the molecule is Cn1c(=O)[nH]c(=O)c2c1nc(NCc1ccco1)n2CCCOc1ccccc1. The van der Waals surface area contributed by atoms with E-state index < -0.39 is 11.2 Å². The van der Waals surface area contributed by atoms with Crippen LogP contribution in [0.4, 0.5) is 5.95 Å². The Morgan fingerprint density at radius 3 is 2.76 bits per heavy atom. The second-order valence-electron chi connectivity index (χ2n) is 6.53. The zero-order chi connectivity index (χ0) is 20.2. The highest BCUT2D eigenvalue weighted by molar-refractivity contribution is 5.74. The minimum absolute atomic E-state index is 0.324. The van der Waals surface area contributed by atoms with Crippen molar-refractivity contribution in [3.05, 3.63) is 75.3 Å². The number of nitrogens with zero attached hydrogens (tertiary/aromatic N) is 3. The molecule has 0 saturated heterocycles. The molecule has 0 unspecified atom stereocenters. The fourth-order valence-electron chi connectivity index (χ4n) is 3.10. The van der Waals surface area contributed by atoms with Crippen LogP contribution in [-0.2, 0) is 20.1 Å². The summed E-state index contributed by atoms with van der Waals surface area (Å²) in [6.07, 6.45) is 2.24. The van der Waals surface area contributed by atoms with E-state index in [2.05, 4.69) is 15.3 Å². The molecule has 1 aromatic carbocycles. The van der Waals surface area contributed by atoms with E-state index >= 15 is 0 Å². The maximum atomic E-state index is 12.5. The zero-order valence-corrected chi connectivity index (χ0v) is 15.9. The van der Waals surface area contributed by atoms with Crippen LogP contribution in [0.15, 0.2) is 62.7 Å². The minimum atomic E-state index is -0.503. The summed E-state index contributed by atoms with van der Waals surface area (Å²) in [6, 6.07) is 13.2. The molecule has 9 nitrogen and oxygen atoms in total. The van der Waals surface area contributed by atoms with Crippen LogP contribution < -0.4 is 21.3 Å². The lowest BCUT2D eigenvalue weighted by atomic mass is 10.3. The van der Waals surface area contributed by atoms with Gasteiger partial charge in [0, 0.05) is 13.6 Å². The molecule has 0 spiro atoms. The van der Waals surface area contributed by atoms with Crippen LogP contribution in [0.3, 0.4) is 0 Å². The van der Waals surface area contributed by atoms with Crippen molar-refractivity contribution in [3.8, 4) is 5.75 Å². The predicted molar refractivity (Wildman–Crippen MR) is 108 cm³/mol. The molecule has 0 amide bonds. The fourth-order valence-corrected chi connectivity index (χ4v) is 3.10. The molecule has 150 valence electrons. The molecule has 0 radical (unpaired) electrons. The van der Waals surface area contributed by atoms with Gasteiger partial charge >= 0.3 is 5.69 Å². The first kappa shape index (κ1) is 18.6. The molecule has 0 aliphatic heterocycles. The number of nitrogens with one attached hydrogen (secondary N) is 2. The molecule has 2 N–H and O–H groups in total. The third kappa shape index (κ3) is 3.93. The van der Waals surface area contributed by atoms with Crippen LogP contribution in [0.5, 0.6) is 5.75 Å². The molecule has 29 heavy (non-hydrogen) atoms. The van der Waals surface area contributed by atoms with Crippen LogP contribution in [0.25, 0.3) is 11.2 Å². The number of aryl methyl sites for hydroxylation is 2. The van der Waals surface area contributed by atoms with Crippen molar-refractivity contribution >= 4 is 17.1 Å². The minimum Gasteiger partial charge on any atom is -0.494 e. The maximum Gasteiger partial charge on any atom is 0.329 e. The lowest BCUT2D eigenvalue weighted by Crippen LogP contribution is -2.29. The van der Waals surface area contributed by atoms with Gasteiger partial charge in [0.25, 0.3) is 5.56 Å². The van der Waals surface area contributed by atoms with Gasteiger partial charge in [-0.2, -0.15) is 4.98 Å². The highest BCUT2D eigenvalue weighted by Gasteiger charge is 2.17. The molecule has 0 fully saturated rings. The van der Waals surface area contributed by atoms with Crippen molar-refractivity contribution in [2.75, 3.05) is 11.9 Å². The van der Waals surface area contributed by atoms with Crippen molar-refractivity contribution < 1.29 is 9.15 Å². The molecule has 3 aromatic heterocycles. The largest absolute Gasteiger partial charge is 0.494 e. The summed E-state index contributed by atoms with van der Waals surface area (Å²) in [4.78, 5) is 31.2. The van der Waals surface area contributed by atoms with Crippen molar-refractivity contribution in [3.63, 3.8) is 0 Å². The van der Waals surface area contributed by atoms with Crippen LogP contribution in [-0.4, -0.2) is 25.7 Å². The Balaban J connectivity index is 1.58. The number of rotatable bonds is 8. The van der Waals surface area contributed by atoms with Gasteiger partial charge in [0.2, 0.25) is 5.95 Å². The van der Waals surface area contributed by atoms with Gasteiger partial charge in [0.05, 0.1) is 19.4 Å². The molecular formula is C20H21N5O4. The van der Waals surface area contributed by atoms with Crippen LogP contribution in [0.1, 0.15) is 12.2 Å². The van der Waals surface area contributed by atoms with Crippen LogP contribution in [0.2, 0.25) is 0 Å². The summed E-state index contributed by atoms with van der Waals surface area (Å²) in [5.41, 5.74) is -0.304. The van der Waals surface area contributed by atoms with E-state index in [0.29, 0.717) is 43.2 Å². The Hall–Kier alpha value is -3.75. The van der Waals surface area contributed by atoms with E-state index in [9.17, 15) is 9.59 Å². The number of hydrogen-bond acceptors (Lipinski definition) is 6. The molecule has 0 saturated carbocycles. The Morgan fingerprint density at radius 1 is 1.17 bits per heavy atom. The number of H-pyrrole nitrogens is 1. The van der Waals surface area contributed by atoms with E-state index in [1.807, 2.05) is 36.4 Å². The number of imidazole rings is 1. The predicted octanol–water partition coefficient (Wildman–Crippen LogP) is 2.10. The summed E-state index contributed by atoms with van der Waals surface area (Å²) in [7, 11) is 1.58. The maximum absolute atomic E-state index is 12.5. The second-order valence-corrected chi connectivity index (χ2v) is 6.53. The Morgan fingerprint density at radius 2 is 2.00 bits per heavy atom. The highest BCUT2D eigenvalue weighted by atomic mass is 16.5. The topological polar surface area (TPSA) is 107 Å². The molecule has 0 aliphatic carbocycles. The molecule has 3 heterocycles. The Bertz CT molecular complexity index is 1210. The van der Waals surface area contributed by atoms with Gasteiger partial charge in [-0.25, -0.2) is 4.79 Å².